The lowest BCUT2D eigenvalue weighted by atomic mass is 10.2. The fraction of sp³-hybridized carbons (Fsp3) is 0.636. The van der Waals surface area contributed by atoms with E-state index in [0.717, 1.165) is 18.9 Å². The van der Waals surface area contributed by atoms with Crippen molar-refractivity contribution in [2.45, 2.75) is 44.8 Å². The van der Waals surface area contributed by atoms with Gasteiger partial charge in [0.1, 0.15) is 5.82 Å². The number of rotatable bonds is 2. The second kappa shape index (κ2) is 4.14. The number of nitrogens with zero attached hydrogens (tertiary/aromatic N) is 1. The van der Waals surface area contributed by atoms with Gasteiger partial charge in [-0.1, -0.05) is 12.8 Å². The highest BCUT2D eigenvalue weighted by Crippen LogP contribution is 2.25. The summed E-state index contributed by atoms with van der Waals surface area (Å²) in [5, 5.41) is 6.87. The highest BCUT2D eigenvalue weighted by Gasteiger charge is 2.20. The average Bonchev–Trinajstić information content (AvgIpc) is 2.87. The summed E-state index contributed by atoms with van der Waals surface area (Å²) in [7, 11) is 0. The van der Waals surface area contributed by atoms with Crippen LogP contribution in [0.5, 0.6) is 0 Å². The molecule has 2 heterocycles. The molecule has 5 heteroatoms. The van der Waals surface area contributed by atoms with Crippen molar-refractivity contribution in [1.29, 1.82) is 0 Å². The summed E-state index contributed by atoms with van der Waals surface area (Å²) in [4.78, 5) is 7.57. The first kappa shape index (κ1) is 10.2. The molecule has 0 spiro atoms. The predicted octanol–water partition coefficient (Wildman–Crippen LogP) is 2.10. The quantitative estimate of drug-likeness (QED) is 0.688. The number of fused-ring (bicyclic) bond motifs is 1. The summed E-state index contributed by atoms with van der Waals surface area (Å²) < 4.78 is 0.586. The zero-order valence-corrected chi connectivity index (χ0v) is 9.99. The molecule has 16 heavy (non-hydrogen) atoms. The van der Waals surface area contributed by atoms with Crippen molar-refractivity contribution in [2.24, 2.45) is 0 Å². The van der Waals surface area contributed by atoms with Gasteiger partial charge in [0.25, 0.3) is 0 Å². The number of aromatic amines is 1. The maximum atomic E-state index is 5.15. The molecule has 1 aromatic heterocycles. The molecule has 0 atom stereocenters. The Morgan fingerprint density at radius 1 is 1.25 bits per heavy atom. The van der Waals surface area contributed by atoms with Gasteiger partial charge in [-0.05, 0) is 25.1 Å². The Kier molecular flexibility index (Phi) is 2.65. The van der Waals surface area contributed by atoms with E-state index in [1.54, 1.807) is 0 Å². The minimum absolute atomic E-state index is 0.586. The predicted molar refractivity (Wildman–Crippen MR) is 65.8 cm³/mol. The van der Waals surface area contributed by atoms with Crippen LogP contribution < -0.4 is 10.6 Å². The molecule has 1 aliphatic carbocycles. The SMILES string of the molecule is S=c1nc(NC2CCCC2)c2c([nH]1)CNC2. The Labute approximate surface area is 99.9 Å². The first-order valence-corrected chi connectivity index (χ1v) is 6.33. The van der Waals surface area contributed by atoms with E-state index in [9.17, 15) is 0 Å². The molecule has 4 nitrogen and oxygen atoms in total. The number of nitrogens with one attached hydrogen (secondary N) is 3. The van der Waals surface area contributed by atoms with Crippen LogP contribution >= 0.6 is 12.2 Å². The van der Waals surface area contributed by atoms with Crippen LogP contribution in [0.15, 0.2) is 0 Å². The van der Waals surface area contributed by atoms with Crippen LogP contribution in [-0.4, -0.2) is 16.0 Å². The Bertz CT molecular complexity index is 448. The number of hydrogen-bond acceptors (Lipinski definition) is 4. The normalized spacial score (nSPS) is 20.0. The molecule has 1 aliphatic heterocycles. The Balaban J connectivity index is 1.90. The van der Waals surface area contributed by atoms with Crippen LogP contribution in [-0.2, 0) is 13.1 Å². The van der Waals surface area contributed by atoms with Crippen LogP contribution in [0.1, 0.15) is 36.9 Å². The van der Waals surface area contributed by atoms with E-state index in [0.29, 0.717) is 10.8 Å². The Morgan fingerprint density at radius 3 is 2.88 bits per heavy atom. The highest BCUT2D eigenvalue weighted by molar-refractivity contribution is 7.71. The number of H-pyrrole nitrogens is 1. The van der Waals surface area contributed by atoms with E-state index in [1.807, 2.05) is 0 Å². The lowest BCUT2D eigenvalue weighted by molar-refractivity contribution is 0.741. The smallest absolute Gasteiger partial charge is 0.199 e. The largest absolute Gasteiger partial charge is 0.367 e. The van der Waals surface area contributed by atoms with E-state index in [-0.39, 0.29) is 0 Å². The lowest BCUT2D eigenvalue weighted by Gasteiger charge is -2.15. The fourth-order valence-corrected chi connectivity index (χ4v) is 2.80. The number of anilines is 1. The van der Waals surface area contributed by atoms with E-state index < -0.39 is 0 Å². The van der Waals surface area contributed by atoms with Crippen molar-refractivity contribution >= 4 is 18.0 Å². The second-order valence-electron chi connectivity index (χ2n) is 4.58. The lowest BCUT2D eigenvalue weighted by Crippen LogP contribution is -2.17. The maximum absolute atomic E-state index is 5.15. The summed E-state index contributed by atoms with van der Waals surface area (Å²) in [6.45, 7) is 1.77. The van der Waals surface area contributed by atoms with Gasteiger partial charge in [0.05, 0.1) is 0 Å². The van der Waals surface area contributed by atoms with Crippen molar-refractivity contribution in [2.75, 3.05) is 5.32 Å². The average molecular weight is 236 g/mol. The van der Waals surface area contributed by atoms with Crippen LogP contribution in [0.3, 0.4) is 0 Å². The highest BCUT2D eigenvalue weighted by atomic mass is 32.1. The van der Waals surface area contributed by atoms with Gasteiger partial charge in [0.2, 0.25) is 0 Å². The van der Waals surface area contributed by atoms with Crippen molar-refractivity contribution < 1.29 is 0 Å². The second-order valence-corrected chi connectivity index (χ2v) is 4.96. The zero-order valence-electron chi connectivity index (χ0n) is 9.18. The van der Waals surface area contributed by atoms with Gasteiger partial charge in [-0.2, -0.15) is 0 Å². The first-order chi connectivity index (χ1) is 7.83. The summed E-state index contributed by atoms with van der Waals surface area (Å²) in [5.74, 6) is 0.996. The van der Waals surface area contributed by atoms with E-state index >= 15 is 0 Å². The van der Waals surface area contributed by atoms with Crippen molar-refractivity contribution in [1.82, 2.24) is 15.3 Å². The van der Waals surface area contributed by atoms with Crippen LogP contribution in [0, 0.1) is 4.77 Å². The van der Waals surface area contributed by atoms with Crippen molar-refractivity contribution in [3.05, 3.63) is 16.0 Å². The fourth-order valence-electron chi connectivity index (χ4n) is 2.58. The molecule has 0 saturated heterocycles. The number of hydrogen-bond donors (Lipinski definition) is 3. The van der Waals surface area contributed by atoms with E-state index in [4.69, 9.17) is 12.2 Å². The van der Waals surface area contributed by atoms with Crippen molar-refractivity contribution in [3.63, 3.8) is 0 Å². The molecule has 0 bridgehead atoms. The monoisotopic (exact) mass is 236 g/mol. The van der Waals surface area contributed by atoms with E-state index in [2.05, 4.69) is 20.6 Å². The van der Waals surface area contributed by atoms with Crippen LogP contribution in [0.25, 0.3) is 0 Å². The standard InChI is InChI=1S/C11H16N4S/c16-11-14-9-6-12-5-8(9)10(15-11)13-7-3-1-2-4-7/h7,12H,1-6H2,(H2,13,14,15,16). The summed E-state index contributed by atoms with van der Waals surface area (Å²) in [6, 6.07) is 0.592. The van der Waals surface area contributed by atoms with Gasteiger partial charge in [0.15, 0.2) is 4.77 Å². The Morgan fingerprint density at radius 2 is 2.06 bits per heavy atom. The minimum Gasteiger partial charge on any atom is -0.367 e. The zero-order chi connectivity index (χ0) is 11.0. The molecule has 0 radical (unpaired) electrons. The summed E-state index contributed by atoms with van der Waals surface area (Å²) in [6.07, 6.45) is 5.18. The molecule has 1 fully saturated rings. The van der Waals surface area contributed by atoms with Gasteiger partial charge < -0.3 is 15.6 Å². The molecule has 3 rings (SSSR count). The van der Waals surface area contributed by atoms with Gasteiger partial charge in [-0.15, -0.1) is 0 Å². The van der Waals surface area contributed by atoms with Gasteiger partial charge in [-0.25, -0.2) is 4.98 Å². The molecule has 3 N–H and O–H groups in total. The molecule has 2 aliphatic rings. The number of aromatic nitrogens is 2. The van der Waals surface area contributed by atoms with E-state index in [1.165, 1.54) is 36.9 Å². The Hall–Kier alpha value is -0.940. The van der Waals surface area contributed by atoms with Gasteiger partial charge in [-0.3, -0.25) is 0 Å². The van der Waals surface area contributed by atoms with Crippen molar-refractivity contribution in [3.8, 4) is 0 Å². The van der Waals surface area contributed by atoms with Crippen LogP contribution in [0.4, 0.5) is 5.82 Å². The molecule has 1 aromatic rings. The molecule has 0 amide bonds. The molecule has 86 valence electrons. The van der Waals surface area contributed by atoms with Gasteiger partial charge in [0, 0.05) is 30.4 Å². The molecule has 1 saturated carbocycles. The molecule has 0 aromatic carbocycles. The topological polar surface area (TPSA) is 52.7 Å². The molecule has 0 unspecified atom stereocenters. The molecular formula is C11H16N4S. The third kappa shape index (κ3) is 1.85. The third-order valence-corrected chi connectivity index (χ3v) is 3.61. The maximum Gasteiger partial charge on any atom is 0.199 e. The summed E-state index contributed by atoms with van der Waals surface area (Å²) >= 11 is 5.15. The van der Waals surface area contributed by atoms with Crippen LogP contribution in [0.2, 0.25) is 0 Å². The minimum atomic E-state index is 0.586. The summed E-state index contributed by atoms with van der Waals surface area (Å²) in [5.41, 5.74) is 2.46. The molecular weight excluding hydrogens is 220 g/mol. The van der Waals surface area contributed by atoms with Gasteiger partial charge >= 0.3 is 0 Å². The third-order valence-electron chi connectivity index (χ3n) is 3.42. The first-order valence-electron chi connectivity index (χ1n) is 5.92.